The summed E-state index contributed by atoms with van der Waals surface area (Å²) in [5.74, 6) is 1.37. The van der Waals surface area contributed by atoms with Crippen molar-refractivity contribution in [1.29, 1.82) is 0 Å². The van der Waals surface area contributed by atoms with E-state index >= 15 is 0 Å². The van der Waals surface area contributed by atoms with E-state index in [-0.39, 0.29) is 0 Å². The lowest BCUT2D eigenvalue weighted by atomic mass is 10.0. The minimum absolute atomic E-state index is 0.558. The molecule has 1 N–H and O–H groups in total. The molecule has 0 spiro atoms. The third-order valence-corrected chi connectivity index (χ3v) is 3.72. The molecule has 0 amide bonds. The third-order valence-electron chi connectivity index (χ3n) is 3.05. The molecular formula is C17H19IO3. The van der Waals surface area contributed by atoms with E-state index in [4.69, 9.17) is 9.47 Å². The van der Waals surface area contributed by atoms with Crippen LogP contribution in [0.2, 0.25) is 0 Å². The Morgan fingerprint density at radius 1 is 0.952 bits per heavy atom. The van der Waals surface area contributed by atoms with Crippen molar-refractivity contribution in [1.82, 2.24) is 0 Å². The molecule has 0 aromatic heterocycles. The second-order valence-corrected chi connectivity index (χ2v) is 5.78. The Kier molecular flexibility index (Phi) is 5.87. The maximum Gasteiger partial charge on any atom is 0.161 e. The fourth-order valence-corrected chi connectivity index (χ4v) is 2.67. The molecule has 4 heteroatoms. The van der Waals surface area contributed by atoms with Crippen molar-refractivity contribution in [3.8, 4) is 11.5 Å². The summed E-state index contributed by atoms with van der Waals surface area (Å²) < 4.78 is 12.2. The van der Waals surface area contributed by atoms with Crippen LogP contribution in [-0.2, 0) is 0 Å². The Labute approximate surface area is 139 Å². The van der Waals surface area contributed by atoms with Crippen molar-refractivity contribution in [3.63, 3.8) is 0 Å². The Balaban J connectivity index is 2.32. The predicted molar refractivity (Wildman–Crippen MR) is 92.0 cm³/mol. The fourth-order valence-electron chi connectivity index (χ4n) is 2.11. The van der Waals surface area contributed by atoms with Gasteiger partial charge in [0, 0.05) is 3.57 Å². The first-order valence-electron chi connectivity index (χ1n) is 6.98. The van der Waals surface area contributed by atoms with E-state index in [0.29, 0.717) is 24.7 Å². The monoisotopic (exact) mass is 398 g/mol. The van der Waals surface area contributed by atoms with Gasteiger partial charge in [0.05, 0.1) is 13.2 Å². The molecule has 0 saturated heterocycles. The van der Waals surface area contributed by atoms with E-state index in [1.165, 1.54) is 0 Å². The molecule has 112 valence electrons. The highest BCUT2D eigenvalue weighted by Gasteiger charge is 2.14. The minimum Gasteiger partial charge on any atom is -0.490 e. The molecule has 0 aliphatic carbocycles. The lowest BCUT2D eigenvalue weighted by Crippen LogP contribution is -2.03. The van der Waals surface area contributed by atoms with Crippen LogP contribution in [0, 0.1) is 3.57 Å². The van der Waals surface area contributed by atoms with Gasteiger partial charge in [-0.15, -0.1) is 0 Å². The number of rotatable bonds is 6. The lowest BCUT2D eigenvalue weighted by Gasteiger charge is -2.16. The number of benzene rings is 2. The average molecular weight is 398 g/mol. The Bertz CT molecular complexity index is 598. The molecule has 1 atom stereocenters. The lowest BCUT2D eigenvalue weighted by molar-refractivity contribution is 0.218. The summed E-state index contributed by atoms with van der Waals surface area (Å²) in [4.78, 5) is 0. The maximum absolute atomic E-state index is 10.5. The highest BCUT2D eigenvalue weighted by atomic mass is 127. The SMILES string of the molecule is CCOc1ccc(C(O)c2cccc(I)c2)cc1OCC. The molecule has 0 aliphatic rings. The fraction of sp³-hybridized carbons (Fsp3) is 0.294. The minimum atomic E-state index is -0.672. The number of hydrogen-bond donors (Lipinski definition) is 1. The summed E-state index contributed by atoms with van der Waals surface area (Å²) in [5, 5.41) is 10.5. The smallest absolute Gasteiger partial charge is 0.161 e. The van der Waals surface area contributed by atoms with Crippen molar-refractivity contribution in [2.75, 3.05) is 13.2 Å². The first-order chi connectivity index (χ1) is 10.2. The van der Waals surface area contributed by atoms with Crippen LogP contribution in [0.5, 0.6) is 11.5 Å². The number of hydrogen-bond acceptors (Lipinski definition) is 3. The molecule has 0 heterocycles. The van der Waals surface area contributed by atoms with Gasteiger partial charge in [-0.25, -0.2) is 0 Å². The highest BCUT2D eigenvalue weighted by Crippen LogP contribution is 2.33. The Hall–Kier alpha value is -1.27. The molecule has 0 radical (unpaired) electrons. The van der Waals surface area contributed by atoms with E-state index in [0.717, 1.165) is 14.7 Å². The molecule has 21 heavy (non-hydrogen) atoms. The summed E-state index contributed by atoms with van der Waals surface area (Å²) in [5.41, 5.74) is 1.66. The molecule has 3 nitrogen and oxygen atoms in total. The quantitative estimate of drug-likeness (QED) is 0.743. The van der Waals surface area contributed by atoms with Gasteiger partial charge in [-0.3, -0.25) is 0 Å². The molecule has 2 rings (SSSR count). The molecule has 0 fully saturated rings. The summed E-state index contributed by atoms with van der Waals surface area (Å²) in [6, 6.07) is 13.4. The van der Waals surface area contributed by atoms with Crippen LogP contribution in [0.3, 0.4) is 0 Å². The van der Waals surface area contributed by atoms with Gasteiger partial charge in [0.15, 0.2) is 11.5 Å². The van der Waals surface area contributed by atoms with Gasteiger partial charge in [-0.1, -0.05) is 18.2 Å². The molecule has 1 unspecified atom stereocenters. The van der Waals surface area contributed by atoms with Crippen LogP contribution in [0.4, 0.5) is 0 Å². The van der Waals surface area contributed by atoms with Crippen molar-refractivity contribution in [2.45, 2.75) is 20.0 Å². The van der Waals surface area contributed by atoms with Crippen LogP contribution < -0.4 is 9.47 Å². The average Bonchev–Trinajstić information content (AvgIpc) is 2.49. The molecule has 0 aliphatic heterocycles. The zero-order chi connectivity index (χ0) is 15.2. The van der Waals surface area contributed by atoms with Crippen LogP contribution in [0.15, 0.2) is 42.5 Å². The van der Waals surface area contributed by atoms with Crippen LogP contribution in [0.25, 0.3) is 0 Å². The van der Waals surface area contributed by atoms with E-state index in [2.05, 4.69) is 22.6 Å². The molecule has 2 aromatic rings. The van der Waals surface area contributed by atoms with Gasteiger partial charge in [0.2, 0.25) is 0 Å². The molecule has 0 bridgehead atoms. The van der Waals surface area contributed by atoms with E-state index in [1.807, 2.05) is 56.3 Å². The third kappa shape index (κ3) is 4.11. The highest BCUT2D eigenvalue weighted by molar-refractivity contribution is 14.1. The van der Waals surface area contributed by atoms with Crippen molar-refractivity contribution >= 4 is 22.6 Å². The van der Waals surface area contributed by atoms with E-state index in [9.17, 15) is 5.11 Å². The second kappa shape index (κ2) is 7.66. The number of ether oxygens (including phenoxy) is 2. The Morgan fingerprint density at radius 3 is 2.29 bits per heavy atom. The largest absolute Gasteiger partial charge is 0.490 e. The maximum atomic E-state index is 10.5. The van der Waals surface area contributed by atoms with Crippen molar-refractivity contribution in [2.24, 2.45) is 0 Å². The summed E-state index contributed by atoms with van der Waals surface area (Å²) in [7, 11) is 0. The first-order valence-corrected chi connectivity index (χ1v) is 8.06. The van der Waals surface area contributed by atoms with Crippen molar-refractivity contribution < 1.29 is 14.6 Å². The summed E-state index contributed by atoms with van der Waals surface area (Å²) >= 11 is 2.24. The molecule has 0 saturated carbocycles. The second-order valence-electron chi connectivity index (χ2n) is 4.53. The number of halogens is 1. The number of aliphatic hydroxyl groups is 1. The molecule has 2 aromatic carbocycles. The van der Waals surface area contributed by atoms with Crippen molar-refractivity contribution in [3.05, 3.63) is 57.2 Å². The van der Waals surface area contributed by atoms with Gasteiger partial charge in [0.1, 0.15) is 6.10 Å². The number of aliphatic hydroxyl groups excluding tert-OH is 1. The van der Waals surface area contributed by atoms with Gasteiger partial charge in [0.25, 0.3) is 0 Å². The van der Waals surface area contributed by atoms with Crippen LogP contribution in [-0.4, -0.2) is 18.3 Å². The van der Waals surface area contributed by atoms with E-state index in [1.54, 1.807) is 0 Å². The standard InChI is InChI=1S/C17H19IO3/c1-3-20-15-9-8-13(11-16(15)21-4-2)17(19)12-6-5-7-14(18)10-12/h5-11,17,19H,3-4H2,1-2H3. The van der Waals surface area contributed by atoms with Crippen LogP contribution >= 0.6 is 22.6 Å². The van der Waals surface area contributed by atoms with Gasteiger partial charge >= 0.3 is 0 Å². The Morgan fingerprint density at radius 2 is 1.62 bits per heavy atom. The van der Waals surface area contributed by atoms with Gasteiger partial charge in [-0.05, 0) is 71.8 Å². The molecular weight excluding hydrogens is 379 g/mol. The van der Waals surface area contributed by atoms with Crippen LogP contribution in [0.1, 0.15) is 31.1 Å². The topological polar surface area (TPSA) is 38.7 Å². The normalized spacial score (nSPS) is 12.0. The zero-order valence-corrected chi connectivity index (χ0v) is 14.3. The van der Waals surface area contributed by atoms with E-state index < -0.39 is 6.10 Å². The van der Waals surface area contributed by atoms with Gasteiger partial charge in [-0.2, -0.15) is 0 Å². The zero-order valence-electron chi connectivity index (χ0n) is 12.2. The first kappa shape index (κ1) is 16.1. The van der Waals surface area contributed by atoms with Gasteiger partial charge < -0.3 is 14.6 Å². The summed E-state index contributed by atoms with van der Waals surface area (Å²) in [6.45, 7) is 5.00. The predicted octanol–water partition coefficient (Wildman–Crippen LogP) is 4.17. The summed E-state index contributed by atoms with van der Waals surface area (Å²) in [6.07, 6.45) is -0.672.